The van der Waals surface area contributed by atoms with Crippen LogP contribution in [0.5, 0.6) is 5.75 Å². The predicted octanol–water partition coefficient (Wildman–Crippen LogP) is 2.79. The van der Waals surface area contributed by atoms with Crippen molar-refractivity contribution in [2.45, 2.75) is 31.7 Å². The van der Waals surface area contributed by atoms with Gasteiger partial charge in [-0.3, -0.25) is 4.99 Å². The van der Waals surface area contributed by atoms with E-state index in [1.165, 1.54) is 38.0 Å². The molecule has 0 amide bonds. The van der Waals surface area contributed by atoms with Crippen molar-refractivity contribution >= 4 is 35.6 Å². The van der Waals surface area contributed by atoms with Crippen LogP contribution >= 0.6 is 24.0 Å². The van der Waals surface area contributed by atoms with E-state index in [9.17, 15) is 0 Å². The lowest BCUT2D eigenvalue weighted by atomic mass is 9.94. The average Bonchev–Trinajstić information content (AvgIpc) is 3.17. The zero-order chi connectivity index (χ0) is 19.1. The minimum atomic E-state index is 0. The van der Waals surface area contributed by atoms with Crippen molar-refractivity contribution in [2.75, 3.05) is 58.8 Å². The quantitative estimate of drug-likeness (QED) is 0.357. The zero-order valence-electron chi connectivity index (χ0n) is 17.5. The molecule has 0 spiro atoms. The van der Waals surface area contributed by atoms with Gasteiger partial charge in [0, 0.05) is 32.7 Å². The van der Waals surface area contributed by atoms with Gasteiger partial charge in [-0.2, -0.15) is 0 Å². The molecule has 2 saturated heterocycles. The number of nitrogens with one attached hydrogen (secondary N) is 2. The molecule has 7 heteroatoms. The van der Waals surface area contributed by atoms with Crippen LogP contribution in [-0.4, -0.2) is 70.8 Å². The van der Waals surface area contributed by atoms with Crippen molar-refractivity contribution in [3.8, 4) is 5.75 Å². The molecule has 0 aromatic heterocycles. The summed E-state index contributed by atoms with van der Waals surface area (Å²) >= 11 is 0. The summed E-state index contributed by atoms with van der Waals surface area (Å²) in [6, 6.07) is 8.66. The minimum absolute atomic E-state index is 0. The van der Waals surface area contributed by atoms with Crippen LogP contribution in [0.15, 0.2) is 29.3 Å². The molecule has 6 nitrogen and oxygen atoms in total. The molecular formula is C21H36IN5O. The van der Waals surface area contributed by atoms with Gasteiger partial charge in [0.05, 0.1) is 12.8 Å². The SMILES string of the molecule is CN=C(NCCC1CCN(C)CC1)NC1CCN(c2ccccc2OC)C1.I. The molecule has 2 heterocycles. The number of nitrogens with zero attached hydrogens (tertiary/aromatic N) is 3. The molecule has 0 saturated carbocycles. The molecule has 2 aliphatic rings. The molecule has 2 aliphatic heterocycles. The molecular weight excluding hydrogens is 465 g/mol. The first-order valence-corrected chi connectivity index (χ1v) is 10.2. The Balaban J connectivity index is 0.00000280. The van der Waals surface area contributed by atoms with Crippen LogP contribution in [0.4, 0.5) is 5.69 Å². The van der Waals surface area contributed by atoms with Crippen LogP contribution in [0, 0.1) is 5.92 Å². The van der Waals surface area contributed by atoms with E-state index < -0.39 is 0 Å². The molecule has 158 valence electrons. The van der Waals surface area contributed by atoms with Crippen molar-refractivity contribution in [1.82, 2.24) is 15.5 Å². The number of piperidine rings is 1. The van der Waals surface area contributed by atoms with Gasteiger partial charge >= 0.3 is 0 Å². The van der Waals surface area contributed by atoms with Gasteiger partial charge in [-0.1, -0.05) is 12.1 Å². The number of anilines is 1. The summed E-state index contributed by atoms with van der Waals surface area (Å²) in [5.74, 6) is 2.72. The number of hydrogen-bond donors (Lipinski definition) is 2. The monoisotopic (exact) mass is 501 g/mol. The molecule has 0 bridgehead atoms. The molecule has 0 radical (unpaired) electrons. The Morgan fingerprint density at radius 1 is 1.18 bits per heavy atom. The first kappa shape index (κ1) is 23.1. The lowest BCUT2D eigenvalue weighted by molar-refractivity contribution is 0.213. The molecule has 28 heavy (non-hydrogen) atoms. The van der Waals surface area contributed by atoms with Crippen molar-refractivity contribution < 1.29 is 4.74 Å². The number of methoxy groups -OCH3 is 1. The number of rotatable bonds is 6. The van der Waals surface area contributed by atoms with Crippen LogP contribution in [0.1, 0.15) is 25.7 Å². The van der Waals surface area contributed by atoms with Gasteiger partial charge in [0.2, 0.25) is 0 Å². The Labute approximate surface area is 187 Å². The fourth-order valence-electron chi connectivity index (χ4n) is 4.12. The van der Waals surface area contributed by atoms with E-state index in [0.717, 1.165) is 43.7 Å². The van der Waals surface area contributed by atoms with Gasteiger partial charge < -0.3 is 25.2 Å². The molecule has 2 N–H and O–H groups in total. The van der Waals surface area contributed by atoms with Crippen LogP contribution in [-0.2, 0) is 0 Å². The average molecular weight is 501 g/mol. The van der Waals surface area contributed by atoms with E-state index >= 15 is 0 Å². The number of ether oxygens (including phenoxy) is 1. The van der Waals surface area contributed by atoms with Gasteiger partial charge in [0.15, 0.2) is 5.96 Å². The number of benzene rings is 1. The number of para-hydroxylation sites is 2. The van der Waals surface area contributed by atoms with Crippen LogP contribution in [0.25, 0.3) is 0 Å². The number of halogens is 1. The van der Waals surface area contributed by atoms with Crippen molar-refractivity contribution in [3.63, 3.8) is 0 Å². The molecule has 3 rings (SSSR count). The molecule has 1 atom stereocenters. The first-order chi connectivity index (χ1) is 13.2. The summed E-state index contributed by atoms with van der Waals surface area (Å²) in [6.45, 7) is 5.47. The zero-order valence-corrected chi connectivity index (χ0v) is 19.8. The highest BCUT2D eigenvalue weighted by atomic mass is 127. The second-order valence-electron chi connectivity index (χ2n) is 7.78. The van der Waals surface area contributed by atoms with Gasteiger partial charge in [-0.05, 0) is 63.9 Å². The third-order valence-electron chi connectivity index (χ3n) is 5.86. The highest BCUT2D eigenvalue weighted by Crippen LogP contribution is 2.30. The molecule has 1 aromatic carbocycles. The first-order valence-electron chi connectivity index (χ1n) is 10.2. The van der Waals surface area contributed by atoms with Crippen molar-refractivity contribution in [3.05, 3.63) is 24.3 Å². The predicted molar refractivity (Wildman–Crippen MR) is 128 cm³/mol. The van der Waals surface area contributed by atoms with E-state index in [4.69, 9.17) is 4.74 Å². The van der Waals surface area contributed by atoms with Crippen molar-refractivity contribution in [2.24, 2.45) is 10.9 Å². The summed E-state index contributed by atoms with van der Waals surface area (Å²) in [7, 11) is 5.81. The lowest BCUT2D eigenvalue weighted by Gasteiger charge is -2.29. The topological polar surface area (TPSA) is 52.1 Å². The Bertz CT molecular complexity index is 619. The summed E-state index contributed by atoms with van der Waals surface area (Å²) in [6.07, 6.45) is 4.97. The maximum atomic E-state index is 5.51. The molecule has 0 aliphatic carbocycles. The Hall–Kier alpha value is -1.22. The van der Waals surface area contributed by atoms with Gasteiger partial charge in [-0.15, -0.1) is 24.0 Å². The molecule has 2 fully saturated rings. The third-order valence-corrected chi connectivity index (χ3v) is 5.86. The number of hydrogen-bond acceptors (Lipinski definition) is 4. The fourth-order valence-corrected chi connectivity index (χ4v) is 4.12. The van der Waals surface area contributed by atoms with E-state index in [-0.39, 0.29) is 24.0 Å². The smallest absolute Gasteiger partial charge is 0.191 e. The standard InChI is InChI=1S/C21H35N5O.HI/c1-22-21(23-12-8-17-9-13-25(2)14-10-17)24-18-11-15-26(16-18)19-6-4-5-7-20(19)27-3;/h4-7,17-18H,8-16H2,1-3H3,(H2,22,23,24);1H. The summed E-state index contributed by atoms with van der Waals surface area (Å²) in [4.78, 5) is 9.24. The summed E-state index contributed by atoms with van der Waals surface area (Å²) in [5.41, 5.74) is 1.18. The number of likely N-dealkylation sites (tertiary alicyclic amines) is 1. The normalized spacial score (nSPS) is 21.3. The Kier molecular flexibility index (Phi) is 9.64. The number of guanidine groups is 1. The third kappa shape index (κ3) is 6.40. The molecule has 1 unspecified atom stereocenters. The Morgan fingerprint density at radius 3 is 2.64 bits per heavy atom. The fraction of sp³-hybridized carbons (Fsp3) is 0.667. The van der Waals surface area contributed by atoms with E-state index in [2.05, 4.69) is 44.6 Å². The van der Waals surface area contributed by atoms with Gasteiger partial charge in [-0.25, -0.2) is 0 Å². The summed E-state index contributed by atoms with van der Waals surface area (Å²) in [5, 5.41) is 7.11. The molecule has 1 aromatic rings. The Morgan fingerprint density at radius 2 is 1.93 bits per heavy atom. The van der Waals surface area contributed by atoms with Crippen LogP contribution < -0.4 is 20.3 Å². The van der Waals surface area contributed by atoms with Gasteiger partial charge in [0.1, 0.15) is 5.75 Å². The summed E-state index contributed by atoms with van der Waals surface area (Å²) < 4.78 is 5.51. The largest absolute Gasteiger partial charge is 0.495 e. The van der Waals surface area contributed by atoms with E-state index in [1.54, 1.807) is 7.11 Å². The number of aliphatic imine (C=N–C) groups is 1. The maximum absolute atomic E-state index is 5.51. The maximum Gasteiger partial charge on any atom is 0.191 e. The lowest BCUT2D eigenvalue weighted by Crippen LogP contribution is -2.45. The van der Waals surface area contributed by atoms with Gasteiger partial charge in [0.25, 0.3) is 0 Å². The minimum Gasteiger partial charge on any atom is -0.495 e. The van der Waals surface area contributed by atoms with E-state index in [1.807, 2.05) is 19.2 Å². The van der Waals surface area contributed by atoms with Crippen LogP contribution in [0.3, 0.4) is 0 Å². The second-order valence-corrected chi connectivity index (χ2v) is 7.78. The second kappa shape index (κ2) is 11.7. The van der Waals surface area contributed by atoms with Crippen LogP contribution in [0.2, 0.25) is 0 Å². The highest BCUT2D eigenvalue weighted by Gasteiger charge is 2.25. The van der Waals surface area contributed by atoms with Crippen molar-refractivity contribution in [1.29, 1.82) is 0 Å². The van der Waals surface area contributed by atoms with E-state index in [0.29, 0.717) is 6.04 Å². The highest BCUT2D eigenvalue weighted by molar-refractivity contribution is 14.0.